The Morgan fingerprint density at radius 3 is 2.43 bits per heavy atom. The highest BCUT2D eigenvalue weighted by Crippen LogP contribution is 2.34. The summed E-state index contributed by atoms with van der Waals surface area (Å²) < 4.78 is 66.8. The SMILES string of the molecule is CC(C)[C@H](NC(=O)OC(C)(C)C)C(=O)OCn1ncc(N2CCn3c(C(=O)c4ccc(F)cc4C(F)(F)F)cnc3C2)c(Cl)c1=O. The lowest BCUT2D eigenvalue weighted by atomic mass is 10.0. The van der Waals surface area contributed by atoms with Crippen LogP contribution in [0.4, 0.5) is 28.0 Å². The highest BCUT2D eigenvalue weighted by Gasteiger charge is 2.37. The molecule has 248 valence electrons. The molecule has 1 aromatic carbocycles. The Balaban J connectivity index is 1.47. The first kappa shape index (κ1) is 34.4. The molecule has 1 N–H and O–H groups in total. The quantitative estimate of drug-likeness (QED) is 0.208. The molecule has 0 bridgehead atoms. The molecule has 0 radical (unpaired) electrons. The van der Waals surface area contributed by atoms with Crippen molar-refractivity contribution in [3.63, 3.8) is 0 Å². The molecule has 3 heterocycles. The molecule has 2 aromatic heterocycles. The molecular formula is C29H31ClF4N6O6. The average Bonchev–Trinajstić information content (AvgIpc) is 3.38. The van der Waals surface area contributed by atoms with Crippen LogP contribution in [-0.4, -0.2) is 55.4 Å². The van der Waals surface area contributed by atoms with Crippen LogP contribution < -0.4 is 15.8 Å². The zero-order valence-corrected chi connectivity index (χ0v) is 26.2. The maximum absolute atomic E-state index is 13.6. The maximum atomic E-state index is 13.6. The number of halogens is 5. The number of alkyl halides is 3. The lowest BCUT2D eigenvalue weighted by molar-refractivity contribution is -0.151. The van der Waals surface area contributed by atoms with Gasteiger partial charge in [-0.15, -0.1) is 0 Å². The van der Waals surface area contributed by atoms with Crippen LogP contribution >= 0.6 is 11.6 Å². The fraction of sp³-hybridized carbons (Fsp3) is 0.448. The van der Waals surface area contributed by atoms with Gasteiger partial charge in [0, 0.05) is 18.7 Å². The molecule has 1 atom stereocenters. The molecule has 0 saturated heterocycles. The van der Waals surface area contributed by atoms with E-state index in [1.807, 2.05) is 0 Å². The molecule has 17 heteroatoms. The van der Waals surface area contributed by atoms with Crippen LogP contribution in [0.5, 0.6) is 0 Å². The van der Waals surface area contributed by atoms with Gasteiger partial charge < -0.3 is 24.3 Å². The van der Waals surface area contributed by atoms with Crippen LogP contribution in [0.25, 0.3) is 0 Å². The number of ketones is 1. The molecule has 0 aliphatic carbocycles. The maximum Gasteiger partial charge on any atom is 0.417 e. The van der Waals surface area contributed by atoms with E-state index < -0.39 is 64.9 Å². The number of nitrogens with one attached hydrogen (secondary N) is 1. The summed E-state index contributed by atoms with van der Waals surface area (Å²) in [7, 11) is 0. The van der Waals surface area contributed by atoms with E-state index in [1.54, 1.807) is 39.5 Å². The van der Waals surface area contributed by atoms with Crippen molar-refractivity contribution in [1.82, 2.24) is 24.6 Å². The van der Waals surface area contributed by atoms with E-state index in [1.165, 1.54) is 10.8 Å². The summed E-state index contributed by atoms with van der Waals surface area (Å²) in [5, 5.41) is 6.24. The molecular weight excluding hydrogens is 640 g/mol. The minimum absolute atomic E-state index is 0.0229. The fourth-order valence-corrected chi connectivity index (χ4v) is 4.92. The predicted molar refractivity (Wildman–Crippen MR) is 156 cm³/mol. The third kappa shape index (κ3) is 7.66. The minimum atomic E-state index is -4.95. The Morgan fingerprint density at radius 1 is 1.11 bits per heavy atom. The van der Waals surface area contributed by atoms with Crippen molar-refractivity contribution in [2.75, 3.05) is 11.4 Å². The van der Waals surface area contributed by atoms with Gasteiger partial charge in [-0.3, -0.25) is 9.59 Å². The average molecular weight is 671 g/mol. The molecule has 46 heavy (non-hydrogen) atoms. The molecule has 0 spiro atoms. The Hall–Kier alpha value is -4.47. The summed E-state index contributed by atoms with van der Waals surface area (Å²) in [5.74, 6) is -3.00. The number of hydrogen-bond donors (Lipinski definition) is 1. The van der Waals surface area contributed by atoms with Gasteiger partial charge in [-0.2, -0.15) is 23.0 Å². The third-order valence-corrected chi connectivity index (χ3v) is 7.21. The number of aromatic nitrogens is 4. The largest absolute Gasteiger partial charge is 0.444 e. The number of nitrogens with zero attached hydrogens (tertiary/aromatic N) is 5. The van der Waals surface area contributed by atoms with Crippen LogP contribution in [-0.2, 0) is 40.3 Å². The van der Waals surface area contributed by atoms with Crippen molar-refractivity contribution >= 4 is 35.1 Å². The minimum Gasteiger partial charge on any atom is -0.444 e. The van der Waals surface area contributed by atoms with Gasteiger partial charge in [-0.1, -0.05) is 25.4 Å². The number of carbonyl (C=O) groups excluding carboxylic acids is 3. The van der Waals surface area contributed by atoms with Crippen molar-refractivity contribution in [2.24, 2.45) is 5.92 Å². The summed E-state index contributed by atoms with van der Waals surface area (Å²) in [6.45, 7) is 8.07. The summed E-state index contributed by atoms with van der Waals surface area (Å²) in [6, 6.07) is 0.759. The molecule has 1 amide bonds. The van der Waals surface area contributed by atoms with E-state index in [0.717, 1.165) is 23.0 Å². The van der Waals surface area contributed by atoms with E-state index in [2.05, 4.69) is 15.4 Å². The van der Waals surface area contributed by atoms with Gasteiger partial charge in [0.1, 0.15) is 34.0 Å². The molecule has 0 saturated carbocycles. The summed E-state index contributed by atoms with van der Waals surface area (Å²) >= 11 is 6.38. The zero-order chi connectivity index (χ0) is 34.1. The molecule has 3 aromatic rings. The van der Waals surface area contributed by atoms with E-state index in [4.69, 9.17) is 21.1 Å². The Kier molecular flexibility index (Phi) is 9.80. The van der Waals surface area contributed by atoms with Gasteiger partial charge in [0.15, 0.2) is 6.73 Å². The molecule has 0 unspecified atom stereocenters. The van der Waals surface area contributed by atoms with Crippen molar-refractivity contribution in [2.45, 2.75) is 72.3 Å². The second kappa shape index (κ2) is 13.1. The third-order valence-electron chi connectivity index (χ3n) is 6.86. The van der Waals surface area contributed by atoms with Crippen molar-refractivity contribution in [3.05, 3.63) is 74.4 Å². The number of hydrogen-bond acceptors (Lipinski definition) is 9. The monoisotopic (exact) mass is 670 g/mol. The number of carbonyl (C=O) groups is 3. The lowest BCUT2D eigenvalue weighted by Crippen LogP contribution is -2.47. The number of anilines is 1. The highest BCUT2D eigenvalue weighted by atomic mass is 35.5. The van der Waals surface area contributed by atoms with Gasteiger partial charge >= 0.3 is 18.2 Å². The number of rotatable bonds is 8. The van der Waals surface area contributed by atoms with Gasteiger partial charge in [0.25, 0.3) is 5.56 Å². The second-order valence-electron chi connectivity index (χ2n) is 11.8. The number of alkyl carbamates (subject to hydrolysis) is 1. The zero-order valence-electron chi connectivity index (χ0n) is 25.4. The Bertz CT molecular complexity index is 1720. The van der Waals surface area contributed by atoms with Gasteiger partial charge in [0.2, 0.25) is 5.78 Å². The van der Waals surface area contributed by atoms with Gasteiger partial charge in [-0.25, -0.2) is 19.0 Å². The van der Waals surface area contributed by atoms with Crippen LogP contribution in [0.15, 0.2) is 35.4 Å². The van der Waals surface area contributed by atoms with Crippen LogP contribution in [0.1, 0.15) is 62.1 Å². The predicted octanol–water partition coefficient (Wildman–Crippen LogP) is 4.55. The number of imidazole rings is 1. The topological polar surface area (TPSA) is 138 Å². The summed E-state index contributed by atoms with van der Waals surface area (Å²) in [4.78, 5) is 56.8. The normalized spacial score (nSPS) is 14.1. The van der Waals surface area contributed by atoms with E-state index in [0.29, 0.717) is 5.82 Å². The van der Waals surface area contributed by atoms with Crippen LogP contribution in [0.3, 0.4) is 0 Å². The Morgan fingerprint density at radius 2 is 1.80 bits per heavy atom. The first-order valence-electron chi connectivity index (χ1n) is 14.0. The van der Waals surface area contributed by atoms with Crippen molar-refractivity contribution < 1.29 is 41.4 Å². The molecule has 12 nitrogen and oxygen atoms in total. The van der Waals surface area contributed by atoms with Gasteiger partial charge in [0.05, 0.1) is 30.2 Å². The first-order valence-corrected chi connectivity index (χ1v) is 14.4. The Labute approximate surface area is 265 Å². The second-order valence-corrected chi connectivity index (χ2v) is 12.1. The molecule has 0 fully saturated rings. The number of amides is 1. The molecule has 1 aliphatic heterocycles. The van der Waals surface area contributed by atoms with E-state index in [9.17, 15) is 36.7 Å². The number of ether oxygens (including phenoxy) is 2. The first-order chi connectivity index (χ1) is 21.4. The van der Waals surface area contributed by atoms with Crippen LogP contribution in [0.2, 0.25) is 5.02 Å². The van der Waals surface area contributed by atoms with Crippen molar-refractivity contribution in [1.29, 1.82) is 0 Å². The van der Waals surface area contributed by atoms with Gasteiger partial charge in [-0.05, 0) is 44.9 Å². The van der Waals surface area contributed by atoms with Crippen molar-refractivity contribution in [3.8, 4) is 0 Å². The van der Waals surface area contributed by atoms with Crippen LogP contribution in [0, 0.1) is 11.7 Å². The number of esters is 1. The fourth-order valence-electron chi connectivity index (χ4n) is 4.65. The standard InChI is InChI=1S/C29H31ClF4N6O6/c1-15(2)23(37-27(44)46-28(3,4)5)26(43)45-14-40-25(42)22(30)19(12-36-40)38-8-9-39-20(11-35-21(39)13-38)24(41)17-7-6-16(31)10-18(17)29(32,33)34/h6-7,10-12,15,23H,8-9,13-14H2,1-5H3,(H,37,44)/t23-/m0/s1. The summed E-state index contributed by atoms with van der Waals surface area (Å²) in [6.07, 6.45) is -3.36. The highest BCUT2D eigenvalue weighted by molar-refractivity contribution is 6.33. The molecule has 4 rings (SSSR count). The van der Waals surface area contributed by atoms with E-state index >= 15 is 0 Å². The number of benzene rings is 1. The summed E-state index contributed by atoms with van der Waals surface area (Å²) in [5.41, 5.74) is -3.59. The smallest absolute Gasteiger partial charge is 0.417 e. The lowest BCUT2D eigenvalue weighted by Gasteiger charge is -2.30. The molecule has 1 aliphatic rings. The van der Waals surface area contributed by atoms with E-state index in [-0.39, 0.29) is 48.0 Å². The number of fused-ring (bicyclic) bond motifs is 1.